The fourth-order valence-corrected chi connectivity index (χ4v) is 3.55. The molecule has 2 aromatic rings. The highest BCUT2D eigenvalue weighted by atomic mass is 16.5. The Labute approximate surface area is 154 Å². The van der Waals surface area contributed by atoms with Crippen LogP contribution < -0.4 is 10.1 Å². The number of hydrogen-bond donors (Lipinski definition) is 2. The Morgan fingerprint density at radius 3 is 2.73 bits per heavy atom. The molecule has 0 bridgehead atoms. The van der Waals surface area contributed by atoms with Gasteiger partial charge in [0.1, 0.15) is 5.75 Å². The largest absolute Gasteiger partial charge is 0.484 e. The van der Waals surface area contributed by atoms with Crippen LogP contribution in [0.1, 0.15) is 31.4 Å². The van der Waals surface area contributed by atoms with Crippen molar-refractivity contribution >= 4 is 5.91 Å². The molecular formula is C20H28N4O2. The summed E-state index contributed by atoms with van der Waals surface area (Å²) in [5.41, 5.74) is 3.07. The predicted octanol–water partition coefficient (Wildman–Crippen LogP) is 2.75. The molecule has 0 atom stereocenters. The fourth-order valence-electron chi connectivity index (χ4n) is 3.55. The maximum absolute atomic E-state index is 12.2. The summed E-state index contributed by atoms with van der Waals surface area (Å²) in [6.07, 6.45) is 6.12. The van der Waals surface area contributed by atoms with E-state index in [9.17, 15) is 4.79 Å². The molecular weight excluding hydrogens is 328 g/mol. The Kier molecular flexibility index (Phi) is 5.93. The number of aromatic nitrogens is 2. The van der Waals surface area contributed by atoms with Crippen molar-refractivity contribution in [1.82, 2.24) is 20.4 Å². The van der Waals surface area contributed by atoms with E-state index >= 15 is 0 Å². The summed E-state index contributed by atoms with van der Waals surface area (Å²) in [5.74, 6) is 0.637. The molecule has 0 spiro atoms. The highest BCUT2D eigenvalue weighted by Gasteiger charge is 2.23. The number of H-pyrrole nitrogens is 1. The Balaban J connectivity index is 1.49. The number of amides is 1. The predicted molar refractivity (Wildman–Crippen MR) is 102 cm³/mol. The number of nitrogens with one attached hydrogen (secondary N) is 2. The van der Waals surface area contributed by atoms with Crippen LogP contribution in [0.5, 0.6) is 5.75 Å². The summed E-state index contributed by atoms with van der Waals surface area (Å²) in [6.45, 7) is 2.02. The van der Waals surface area contributed by atoms with E-state index in [4.69, 9.17) is 4.74 Å². The lowest BCUT2D eigenvalue weighted by atomic mass is 9.90. The molecule has 2 N–H and O–H groups in total. The van der Waals surface area contributed by atoms with Gasteiger partial charge in [-0.1, -0.05) is 12.1 Å². The number of benzene rings is 1. The summed E-state index contributed by atoms with van der Waals surface area (Å²) in [7, 11) is 4.24. The second kappa shape index (κ2) is 8.36. The Bertz CT molecular complexity index is 733. The molecule has 0 saturated heterocycles. The topological polar surface area (TPSA) is 70.2 Å². The molecule has 6 heteroatoms. The second-order valence-corrected chi connectivity index (χ2v) is 7.26. The Hall–Kier alpha value is -2.34. The van der Waals surface area contributed by atoms with Crippen LogP contribution in [-0.4, -0.2) is 53.8 Å². The van der Waals surface area contributed by atoms with Crippen LogP contribution in [-0.2, 0) is 4.79 Å². The van der Waals surface area contributed by atoms with Gasteiger partial charge in [0.15, 0.2) is 6.61 Å². The first-order valence-electron chi connectivity index (χ1n) is 9.22. The van der Waals surface area contributed by atoms with E-state index in [1.807, 2.05) is 31.2 Å². The van der Waals surface area contributed by atoms with Crippen molar-refractivity contribution in [2.24, 2.45) is 0 Å². The molecule has 1 aliphatic rings. The van der Waals surface area contributed by atoms with Crippen LogP contribution in [0.3, 0.4) is 0 Å². The monoisotopic (exact) mass is 356 g/mol. The summed E-state index contributed by atoms with van der Waals surface area (Å²) >= 11 is 0. The zero-order chi connectivity index (χ0) is 18.5. The number of nitrogens with zero attached hydrogens (tertiary/aromatic N) is 2. The Morgan fingerprint density at radius 1 is 1.31 bits per heavy atom. The van der Waals surface area contributed by atoms with Crippen LogP contribution in [0.4, 0.5) is 0 Å². The van der Waals surface area contributed by atoms with Gasteiger partial charge in [-0.2, -0.15) is 5.10 Å². The van der Waals surface area contributed by atoms with Gasteiger partial charge < -0.3 is 15.0 Å². The number of carbonyl (C=O) groups excluding carboxylic acids is 1. The minimum atomic E-state index is -0.0526. The standard InChI is InChI=1S/C20H28N4O2/c1-14-19(12-21-23-14)15-5-4-6-18(11-15)26-13-20(25)22-16-7-9-17(10-8-16)24(2)3/h4-6,11-12,16-17H,7-10,13H2,1-3H3,(H,21,23)(H,22,25). The Morgan fingerprint density at radius 2 is 2.08 bits per heavy atom. The van der Waals surface area contributed by atoms with Crippen molar-refractivity contribution in [1.29, 1.82) is 0 Å². The van der Waals surface area contributed by atoms with Gasteiger partial charge in [-0.3, -0.25) is 9.89 Å². The van der Waals surface area contributed by atoms with Crippen LogP contribution in [0.25, 0.3) is 11.1 Å². The third-order valence-electron chi connectivity index (χ3n) is 5.14. The molecule has 0 radical (unpaired) electrons. The fraction of sp³-hybridized carbons (Fsp3) is 0.500. The van der Waals surface area contributed by atoms with E-state index in [0.717, 1.165) is 42.5 Å². The smallest absolute Gasteiger partial charge is 0.258 e. The number of carbonyl (C=O) groups is 1. The molecule has 0 aliphatic heterocycles. The number of aryl methyl sites for hydroxylation is 1. The van der Waals surface area contributed by atoms with E-state index in [0.29, 0.717) is 11.8 Å². The number of hydrogen-bond acceptors (Lipinski definition) is 4. The molecule has 1 amide bonds. The molecule has 0 unspecified atom stereocenters. The highest BCUT2D eigenvalue weighted by molar-refractivity contribution is 5.78. The highest BCUT2D eigenvalue weighted by Crippen LogP contribution is 2.25. The molecule has 1 aromatic heterocycles. The van der Waals surface area contributed by atoms with Gasteiger partial charge in [-0.05, 0) is 64.4 Å². The number of ether oxygens (including phenoxy) is 1. The van der Waals surface area contributed by atoms with Gasteiger partial charge in [0.2, 0.25) is 0 Å². The zero-order valence-electron chi connectivity index (χ0n) is 15.8. The van der Waals surface area contributed by atoms with Crippen molar-refractivity contribution in [3.63, 3.8) is 0 Å². The van der Waals surface area contributed by atoms with Gasteiger partial charge in [0, 0.05) is 23.3 Å². The number of aromatic amines is 1. The van der Waals surface area contributed by atoms with E-state index in [1.165, 1.54) is 0 Å². The van der Waals surface area contributed by atoms with Gasteiger partial charge in [-0.25, -0.2) is 0 Å². The van der Waals surface area contributed by atoms with Gasteiger partial charge in [-0.15, -0.1) is 0 Å². The molecule has 1 saturated carbocycles. The van der Waals surface area contributed by atoms with Crippen LogP contribution in [0.2, 0.25) is 0 Å². The van der Waals surface area contributed by atoms with Gasteiger partial charge in [0.05, 0.1) is 6.20 Å². The lowest BCUT2D eigenvalue weighted by Gasteiger charge is -2.32. The molecule has 26 heavy (non-hydrogen) atoms. The summed E-state index contributed by atoms with van der Waals surface area (Å²) < 4.78 is 5.70. The van der Waals surface area contributed by atoms with Crippen molar-refractivity contribution in [3.05, 3.63) is 36.2 Å². The summed E-state index contributed by atoms with van der Waals surface area (Å²) in [4.78, 5) is 14.5. The SMILES string of the molecule is Cc1[nH]ncc1-c1cccc(OCC(=O)NC2CCC(N(C)C)CC2)c1. The average molecular weight is 356 g/mol. The summed E-state index contributed by atoms with van der Waals surface area (Å²) in [5, 5.41) is 10.1. The first-order chi connectivity index (χ1) is 12.5. The molecule has 6 nitrogen and oxygen atoms in total. The third kappa shape index (κ3) is 4.64. The molecule has 1 heterocycles. The quantitative estimate of drug-likeness (QED) is 0.835. The van der Waals surface area contributed by atoms with Gasteiger partial charge in [0.25, 0.3) is 5.91 Å². The molecule has 3 rings (SSSR count). The molecule has 140 valence electrons. The van der Waals surface area contributed by atoms with Crippen molar-refractivity contribution in [2.75, 3.05) is 20.7 Å². The minimum absolute atomic E-state index is 0.0431. The summed E-state index contributed by atoms with van der Waals surface area (Å²) in [6, 6.07) is 8.64. The maximum atomic E-state index is 12.2. The van der Waals surface area contributed by atoms with E-state index < -0.39 is 0 Å². The molecule has 1 aromatic carbocycles. The van der Waals surface area contributed by atoms with E-state index in [-0.39, 0.29) is 18.6 Å². The lowest BCUT2D eigenvalue weighted by molar-refractivity contribution is -0.124. The molecule has 1 fully saturated rings. The second-order valence-electron chi connectivity index (χ2n) is 7.26. The average Bonchev–Trinajstić information content (AvgIpc) is 3.07. The van der Waals surface area contributed by atoms with Gasteiger partial charge >= 0.3 is 0 Å². The van der Waals surface area contributed by atoms with Crippen LogP contribution in [0.15, 0.2) is 30.5 Å². The normalized spacial score (nSPS) is 20.2. The molecule has 1 aliphatic carbocycles. The number of rotatable bonds is 6. The van der Waals surface area contributed by atoms with Crippen LogP contribution >= 0.6 is 0 Å². The zero-order valence-corrected chi connectivity index (χ0v) is 15.8. The third-order valence-corrected chi connectivity index (χ3v) is 5.14. The minimum Gasteiger partial charge on any atom is -0.484 e. The van der Waals surface area contributed by atoms with Crippen molar-refractivity contribution in [2.45, 2.75) is 44.7 Å². The van der Waals surface area contributed by atoms with Crippen LogP contribution in [0, 0.1) is 6.92 Å². The van der Waals surface area contributed by atoms with E-state index in [1.54, 1.807) is 6.20 Å². The first kappa shape index (κ1) is 18.5. The maximum Gasteiger partial charge on any atom is 0.258 e. The first-order valence-corrected chi connectivity index (χ1v) is 9.22. The van der Waals surface area contributed by atoms with E-state index in [2.05, 4.69) is 34.5 Å². The lowest BCUT2D eigenvalue weighted by Crippen LogP contribution is -2.43. The van der Waals surface area contributed by atoms with Crippen molar-refractivity contribution < 1.29 is 9.53 Å². The van der Waals surface area contributed by atoms with Crippen molar-refractivity contribution in [3.8, 4) is 16.9 Å².